The Morgan fingerprint density at radius 1 is 1.64 bits per heavy atom. The molecular weight excluding hydrogens is 160 g/mol. The van der Waals surface area contributed by atoms with Crippen LogP contribution in [0, 0.1) is 0 Å². The molecular formula is C7H12N2OS. The average Bonchev–Trinajstić information content (AvgIpc) is 2.31. The molecule has 0 aliphatic carbocycles. The first-order valence-electron chi connectivity index (χ1n) is 3.49. The average molecular weight is 172 g/mol. The Balaban J connectivity index is 2.51. The summed E-state index contributed by atoms with van der Waals surface area (Å²) in [6.07, 6.45) is 1.83. The van der Waals surface area contributed by atoms with Gasteiger partial charge in [0, 0.05) is 24.7 Å². The Labute approximate surface area is 69.9 Å². The molecule has 1 aromatic rings. The van der Waals surface area contributed by atoms with Gasteiger partial charge in [0.25, 0.3) is 0 Å². The molecule has 0 N–H and O–H groups in total. The van der Waals surface area contributed by atoms with Crippen molar-refractivity contribution in [1.29, 1.82) is 0 Å². The van der Waals surface area contributed by atoms with Gasteiger partial charge in [-0.25, -0.2) is 0 Å². The van der Waals surface area contributed by atoms with Crippen LogP contribution in [0.2, 0.25) is 0 Å². The highest BCUT2D eigenvalue weighted by Gasteiger charge is 1.95. The van der Waals surface area contributed by atoms with E-state index in [0.717, 1.165) is 13.1 Å². The second-order valence-corrected chi connectivity index (χ2v) is 3.52. The Morgan fingerprint density at radius 3 is 2.82 bits per heavy atom. The van der Waals surface area contributed by atoms with Crippen molar-refractivity contribution in [3.8, 4) is 0 Å². The molecule has 0 saturated carbocycles. The van der Waals surface area contributed by atoms with Crippen LogP contribution in [0.3, 0.4) is 0 Å². The maximum absolute atomic E-state index is 11.0. The maximum Gasteiger partial charge on any atom is 0.307 e. The van der Waals surface area contributed by atoms with Crippen LogP contribution < -0.4 is 4.87 Å². The largest absolute Gasteiger partial charge is 0.308 e. The topological polar surface area (TPSA) is 25.2 Å². The molecule has 3 nitrogen and oxygen atoms in total. The second kappa shape index (κ2) is 3.69. The molecule has 1 aromatic heterocycles. The highest BCUT2D eigenvalue weighted by molar-refractivity contribution is 7.07. The second-order valence-electron chi connectivity index (χ2n) is 2.67. The van der Waals surface area contributed by atoms with E-state index in [-0.39, 0.29) is 4.87 Å². The monoisotopic (exact) mass is 172 g/mol. The molecule has 11 heavy (non-hydrogen) atoms. The first-order valence-corrected chi connectivity index (χ1v) is 4.37. The first kappa shape index (κ1) is 8.49. The van der Waals surface area contributed by atoms with Gasteiger partial charge in [0.05, 0.1) is 0 Å². The van der Waals surface area contributed by atoms with E-state index in [2.05, 4.69) is 4.90 Å². The molecule has 0 aliphatic heterocycles. The number of hydrogen-bond donors (Lipinski definition) is 0. The van der Waals surface area contributed by atoms with Crippen LogP contribution in [0.4, 0.5) is 0 Å². The predicted molar refractivity (Wildman–Crippen MR) is 47.1 cm³/mol. The summed E-state index contributed by atoms with van der Waals surface area (Å²) in [5.74, 6) is 0. The highest BCUT2D eigenvalue weighted by Crippen LogP contribution is 1.89. The van der Waals surface area contributed by atoms with Gasteiger partial charge in [-0.05, 0) is 14.1 Å². The van der Waals surface area contributed by atoms with E-state index >= 15 is 0 Å². The van der Waals surface area contributed by atoms with Gasteiger partial charge in [-0.1, -0.05) is 11.3 Å². The minimum absolute atomic E-state index is 0.131. The summed E-state index contributed by atoms with van der Waals surface area (Å²) in [5.41, 5.74) is 0. The van der Waals surface area contributed by atoms with Crippen molar-refractivity contribution >= 4 is 11.3 Å². The molecule has 0 saturated heterocycles. The van der Waals surface area contributed by atoms with Crippen LogP contribution >= 0.6 is 11.3 Å². The Bertz CT molecular complexity index is 263. The van der Waals surface area contributed by atoms with E-state index < -0.39 is 0 Å². The van der Waals surface area contributed by atoms with Crippen molar-refractivity contribution in [1.82, 2.24) is 9.47 Å². The molecule has 0 aliphatic rings. The lowest BCUT2D eigenvalue weighted by Crippen LogP contribution is -2.22. The molecule has 4 heteroatoms. The van der Waals surface area contributed by atoms with E-state index in [1.165, 1.54) is 11.3 Å². The summed E-state index contributed by atoms with van der Waals surface area (Å²) in [5, 5.41) is 1.82. The molecule has 0 spiro atoms. The van der Waals surface area contributed by atoms with Crippen molar-refractivity contribution < 1.29 is 0 Å². The number of hydrogen-bond acceptors (Lipinski definition) is 3. The summed E-state index contributed by atoms with van der Waals surface area (Å²) in [7, 11) is 3.99. The first-order chi connectivity index (χ1) is 5.20. The molecule has 0 amide bonds. The molecule has 1 heterocycles. The van der Waals surface area contributed by atoms with E-state index in [0.29, 0.717) is 0 Å². The van der Waals surface area contributed by atoms with Crippen LogP contribution in [-0.2, 0) is 6.54 Å². The third-order valence-corrected chi connectivity index (χ3v) is 2.13. The third kappa shape index (κ3) is 2.48. The van der Waals surface area contributed by atoms with Gasteiger partial charge < -0.3 is 9.47 Å². The van der Waals surface area contributed by atoms with Crippen molar-refractivity contribution in [2.24, 2.45) is 0 Å². The fourth-order valence-electron chi connectivity index (χ4n) is 0.764. The maximum atomic E-state index is 11.0. The van der Waals surface area contributed by atoms with Gasteiger partial charge in [0.15, 0.2) is 0 Å². The number of aromatic nitrogens is 1. The molecule has 62 valence electrons. The molecule has 0 fully saturated rings. The molecule has 0 atom stereocenters. The van der Waals surface area contributed by atoms with E-state index in [9.17, 15) is 4.79 Å². The fourth-order valence-corrected chi connectivity index (χ4v) is 1.38. The van der Waals surface area contributed by atoms with Gasteiger partial charge in [-0.2, -0.15) is 0 Å². The van der Waals surface area contributed by atoms with Crippen LogP contribution in [0.15, 0.2) is 16.4 Å². The van der Waals surface area contributed by atoms with E-state index in [1.807, 2.05) is 25.7 Å². The van der Waals surface area contributed by atoms with E-state index in [1.54, 1.807) is 4.57 Å². The standard InChI is InChI=1S/C7H12N2OS/c1-8(2)3-4-9-5-6-11-7(9)10/h5-6H,3-4H2,1-2H3. The number of nitrogens with zero attached hydrogens (tertiary/aromatic N) is 2. The predicted octanol–water partition coefficient (Wildman–Crippen LogP) is 0.471. The molecule has 0 aromatic carbocycles. The smallest absolute Gasteiger partial charge is 0.307 e. The zero-order valence-corrected chi connectivity index (χ0v) is 7.60. The molecule has 1 rings (SSSR count). The Kier molecular flexibility index (Phi) is 2.84. The normalized spacial score (nSPS) is 10.8. The van der Waals surface area contributed by atoms with Gasteiger partial charge >= 0.3 is 4.87 Å². The van der Waals surface area contributed by atoms with Crippen molar-refractivity contribution in [2.45, 2.75) is 6.54 Å². The lowest BCUT2D eigenvalue weighted by Gasteiger charge is -2.08. The van der Waals surface area contributed by atoms with Crippen molar-refractivity contribution in [2.75, 3.05) is 20.6 Å². The number of rotatable bonds is 3. The minimum atomic E-state index is 0.131. The summed E-state index contributed by atoms with van der Waals surface area (Å²) in [4.78, 5) is 13.2. The number of thiazole rings is 1. The third-order valence-electron chi connectivity index (χ3n) is 1.43. The summed E-state index contributed by atoms with van der Waals surface area (Å²) in [6, 6.07) is 0. The Hall–Kier alpha value is -0.610. The summed E-state index contributed by atoms with van der Waals surface area (Å²) >= 11 is 1.24. The zero-order chi connectivity index (χ0) is 8.27. The van der Waals surface area contributed by atoms with Crippen LogP contribution in [0.25, 0.3) is 0 Å². The molecule has 0 radical (unpaired) electrons. The van der Waals surface area contributed by atoms with E-state index in [4.69, 9.17) is 0 Å². The molecule has 0 unspecified atom stereocenters. The van der Waals surface area contributed by atoms with Crippen LogP contribution in [0.1, 0.15) is 0 Å². The Morgan fingerprint density at radius 2 is 2.36 bits per heavy atom. The lowest BCUT2D eigenvalue weighted by molar-refractivity contribution is 0.382. The highest BCUT2D eigenvalue weighted by atomic mass is 32.1. The van der Waals surface area contributed by atoms with Gasteiger partial charge in [-0.3, -0.25) is 4.79 Å². The summed E-state index contributed by atoms with van der Waals surface area (Å²) < 4.78 is 1.73. The zero-order valence-electron chi connectivity index (χ0n) is 6.78. The SMILES string of the molecule is CN(C)CCn1ccsc1=O. The van der Waals surface area contributed by atoms with Crippen LogP contribution in [-0.4, -0.2) is 30.1 Å². The van der Waals surface area contributed by atoms with Crippen molar-refractivity contribution in [3.63, 3.8) is 0 Å². The minimum Gasteiger partial charge on any atom is -0.308 e. The quantitative estimate of drug-likeness (QED) is 0.662. The molecule has 0 bridgehead atoms. The number of likely N-dealkylation sites (N-methyl/N-ethyl adjacent to an activating group) is 1. The fraction of sp³-hybridized carbons (Fsp3) is 0.571. The van der Waals surface area contributed by atoms with Gasteiger partial charge in [-0.15, -0.1) is 0 Å². The van der Waals surface area contributed by atoms with Crippen LogP contribution in [0.5, 0.6) is 0 Å². The summed E-state index contributed by atoms with van der Waals surface area (Å²) in [6.45, 7) is 1.70. The van der Waals surface area contributed by atoms with Gasteiger partial charge in [0.2, 0.25) is 0 Å². The lowest BCUT2D eigenvalue weighted by atomic mass is 10.6. The van der Waals surface area contributed by atoms with Crippen molar-refractivity contribution in [3.05, 3.63) is 21.2 Å². The van der Waals surface area contributed by atoms with Gasteiger partial charge in [0.1, 0.15) is 0 Å².